The van der Waals surface area contributed by atoms with Crippen LogP contribution < -0.4 is 11.5 Å². The molecule has 0 saturated heterocycles. The molecular formula is C52H63BrF2N12O6Si2. The standard InChI is InChI=1S/C26H31FN6O3Si.C14H11BrFN3O.C12H21N3O2Si/c1-26(35,25-29-14-32(31-25)15-36-7-8-37(2,3)4)6-5-16-11-20-19(12-21(16)27)17-9-18(10-17)33-13-22(23(28)34)30-24(20)33;15-10-3-9-8(4-11(10)16)6-1-7(2-6)19-5-12(13(17)20)18-14(9)19;1-6-12(2,16)11-13-9-15(14-11)10-17-7-8-18(3,4)5/h11-14,17-18,35H,7-10,15H2,1-4H3,(H2,28,34);3-7H,1-2H2,(H2,17,20);1,9,16H,7-8,10H2,2-5H3. The summed E-state index contributed by atoms with van der Waals surface area (Å²) >= 11 is 3.22. The molecule has 2 aromatic carbocycles. The number of rotatable bonds is 14. The van der Waals surface area contributed by atoms with Crippen molar-refractivity contribution in [3.63, 3.8) is 0 Å². The summed E-state index contributed by atoms with van der Waals surface area (Å²) in [6, 6.07) is 9.12. The average molecular weight is 1130 g/mol. The molecule has 396 valence electrons. The van der Waals surface area contributed by atoms with Crippen LogP contribution in [0.1, 0.15) is 113 Å². The van der Waals surface area contributed by atoms with Crippen LogP contribution in [0.3, 0.4) is 0 Å². The number of aromatic nitrogens is 10. The van der Waals surface area contributed by atoms with E-state index in [-0.39, 0.29) is 53.1 Å². The summed E-state index contributed by atoms with van der Waals surface area (Å²) in [7, 11) is -2.25. The summed E-state index contributed by atoms with van der Waals surface area (Å²) in [5.74, 6) is 8.05. The molecule has 0 spiro atoms. The topological polar surface area (TPSA) is 242 Å². The lowest BCUT2D eigenvalue weighted by Crippen LogP contribution is -2.23. The van der Waals surface area contributed by atoms with Crippen LogP contribution in [-0.4, -0.2) is 100 Å². The van der Waals surface area contributed by atoms with E-state index in [1.54, 1.807) is 30.6 Å². The second kappa shape index (κ2) is 21.4. The summed E-state index contributed by atoms with van der Waals surface area (Å²) < 4.78 is 47.5. The highest BCUT2D eigenvalue weighted by atomic mass is 79.9. The molecule has 2 fully saturated rings. The van der Waals surface area contributed by atoms with Gasteiger partial charge in [-0.3, -0.25) is 9.59 Å². The van der Waals surface area contributed by atoms with Crippen LogP contribution in [0.15, 0.2) is 53.8 Å². The SMILES string of the molecule is C#CC(C)(O)c1ncn(COCC[Si](C)(C)C)n1.CC(O)(C#Cc1cc2c(cc1F)C1CC(C1)n1cc(C(N)=O)nc1-2)c1ncn(COCC[Si](C)(C)C)n1.NC(=O)c1cn2c(n1)-c1cc(Br)c(F)cc1C1CC2C1. The van der Waals surface area contributed by atoms with Crippen LogP contribution in [0.25, 0.3) is 22.8 Å². The number of halogens is 3. The minimum absolute atomic E-state index is 0.103. The Morgan fingerprint density at radius 2 is 1.19 bits per heavy atom. The van der Waals surface area contributed by atoms with Crippen LogP contribution in [-0.2, 0) is 34.1 Å². The monoisotopic (exact) mass is 1120 g/mol. The fourth-order valence-corrected chi connectivity index (χ4v) is 10.8. The number of carbonyl (C=O) groups excluding carboxylic acids is 2. The zero-order valence-corrected chi connectivity index (χ0v) is 47.0. The zero-order chi connectivity index (χ0) is 54.4. The molecule has 2 amide bonds. The molecule has 8 heterocycles. The third-order valence-electron chi connectivity index (χ3n) is 13.7. The van der Waals surface area contributed by atoms with E-state index in [1.807, 2.05) is 9.13 Å². The maximum Gasteiger partial charge on any atom is 0.268 e. The second-order valence-corrected chi connectivity index (χ2v) is 34.4. The van der Waals surface area contributed by atoms with Gasteiger partial charge >= 0.3 is 0 Å². The number of nitrogens with two attached hydrogens (primary N) is 2. The highest BCUT2D eigenvalue weighted by molar-refractivity contribution is 9.10. The van der Waals surface area contributed by atoms with Gasteiger partial charge in [-0.25, -0.2) is 38.1 Å². The Balaban J connectivity index is 0.000000165. The Hall–Kier alpha value is -6.19. The predicted molar refractivity (Wildman–Crippen MR) is 285 cm³/mol. The molecule has 6 N–H and O–H groups in total. The summed E-state index contributed by atoms with van der Waals surface area (Å²) in [6.45, 7) is 18.6. The molecule has 75 heavy (non-hydrogen) atoms. The first-order valence-electron chi connectivity index (χ1n) is 24.7. The van der Waals surface area contributed by atoms with Crippen LogP contribution in [0.4, 0.5) is 8.78 Å². The first kappa shape index (κ1) is 55.1. The van der Waals surface area contributed by atoms with Crippen LogP contribution in [0.2, 0.25) is 51.4 Å². The summed E-state index contributed by atoms with van der Waals surface area (Å²) in [5.41, 5.74) is 11.6. The van der Waals surface area contributed by atoms with Gasteiger partial charge in [0.2, 0.25) is 0 Å². The number of nitrogens with zero attached hydrogens (tertiary/aromatic N) is 10. The number of hydrogen-bond acceptors (Lipinski definition) is 12. The van der Waals surface area contributed by atoms with Crippen LogP contribution in [0.5, 0.6) is 0 Å². The highest BCUT2D eigenvalue weighted by Gasteiger charge is 2.41. The largest absolute Gasteiger partial charge is 0.371 e. The number of terminal acetylenes is 1. The van der Waals surface area contributed by atoms with E-state index in [1.165, 1.54) is 41.9 Å². The van der Waals surface area contributed by atoms with Gasteiger partial charge in [0.15, 0.2) is 22.9 Å². The summed E-state index contributed by atoms with van der Waals surface area (Å²) in [5, 5.41) is 29.1. The van der Waals surface area contributed by atoms with E-state index in [4.69, 9.17) is 27.4 Å². The molecular weight excluding hydrogens is 1060 g/mol. The molecule has 2 atom stereocenters. The van der Waals surface area contributed by atoms with Crippen LogP contribution >= 0.6 is 15.9 Å². The zero-order valence-electron chi connectivity index (χ0n) is 43.4. The van der Waals surface area contributed by atoms with Gasteiger partial charge in [0.1, 0.15) is 60.8 Å². The number of imidazole rings is 2. The predicted octanol–water partition coefficient (Wildman–Crippen LogP) is 7.80. The van der Waals surface area contributed by atoms with Crippen molar-refractivity contribution in [2.45, 2.75) is 139 Å². The Morgan fingerprint density at radius 1 is 0.747 bits per heavy atom. The Bertz CT molecular complexity index is 3230. The molecule has 12 rings (SSSR count). The maximum absolute atomic E-state index is 15.1. The molecule has 4 bridgehead atoms. The third-order valence-corrected chi connectivity index (χ3v) is 17.7. The molecule has 6 aromatic rings. The number of ether oxygens (including phenoxy) is 2. The molecule has 2 unspecified atom stereocenters. The second-order valence-electron chi connectivity index (χ2n) is 22.3. The quantitative estimate of drug-likeness (QED) is 0.0464. The highest BCUT2D eigenvalue weighted by Crippen LogP contribution is 2.53. The Labute approximate surface area is 444 Å². The van der Waals surface area contributed by atoms with E-state index in [0.29, 0.717) is 41.4 Å². The van der Waals surface area contributed by atoms with Gasteiger partial charge in [-0.1, -0.05) is 57.0 Å². The van der Waals surface area contributed by atoms with Gasteiger partial charge in [0.25, 0.3) is 11.8 Å². The van der Waals surface area contributed by atoms with E-state index in [2.05, 4.69) is 103 Å². The van der Waals surface area contributed by atoms with Gasteiger partial charge in [-0.15, -0.1) is 16.6 Å². The summed E-state index contributed by atoms with van der Waals surface area (Å²) in [6.07, 6.45) is 15.2. The maximum atomic E-state index is 15.1. The average Bonchev–Trinajstić information content (AvgIpc) is 4.12. The third kappa shape index (κ3) is 12.6. The van der Waals surface area contributed by atoms with Gasteiger partial charge in [0.05, 0.1) is 10.0 Å². The Morgan fingerprint density at radius 3 is 1.63 bits per heavy atom. The molecule has 4 aliphatic heterocycles. The van der Waals surface area contributed by atoms with E-state index in [0.717, 1.165) is 66.6 Å². The lowest BCUT2D eigenvalue weighted by atomic mass is 9.75. The van der Waals surface area contributed by atoms with E-state index in [9.17, 15) is 24.2 Å². The van der Waals surface area contributed by atoms with Gasteiger partial charge in [-0.2, -0.15) is 0 Å². The van der Waals surface area contributed by atoms with E-state index >= 15 is 4.39 Å². The minimum atomic E-state index is -1.71. The molecule has 2 saturated carbocycles. The van der Waals surface area contributed by atoms with Gasteiger partial charge in [-0.05, 0) is 115 Å². The summed E-state index contributed by atoms with van der Waals surface area (Å²) in [4.78, 5) is 40.0. The smallest absolute Gasteiger partial charge is 0.268 e. The molecule has 23 heteroatoms. The molecule has 4 aromatic heterocycles. The lowest BCUT2D eigenvalue weighted by Gasteiger charge is -2.34. The number of aliphatic hydroxyl groups is 2. The van der Waals surface area contributed by atoms with Crippen LogP contribution in [0, 0.1) is 35.8 Å². The van der Waals surface area contributed by atoms with Crippen molar-refractivity contribution in [1.29, 1.82) is 0 Å². The normalized spacial score (nSPS) is 19.3. The van der Waals surface area contributed by atoms with Gasteiger partial charge in [0, 0.05) is 65.0 Å². The molecule has 2 aliphatic carbocycles. The fraction of sp³-hybridized carbons (Fsp3) is 0.462. The number of benzene rings is 2. The molecule has 18 nitrogen and oxygen atoms in total. The Kier molecular flexibility index (Phi) is 15.7. The minimum Gasteiger partial charge on any atom is -0.371 e. The van der Waals surface area contributed by atoms with Gasteiger partial charge < -0.3 is 40.3 Å². The van der Waals surface area contributed by atoms with E-state index < -0.39 is 45.0 Å². The van der Waals surface area contributed by atoms with Crippen molar-refractivity contribution >= 4 is 43.9 Å². The fourth-order valence-electron chi connectivity index (χ4n) is 8.97. The first-order chi connectivity index (χ1) is 35.2. The van der Waals surface area contributed by atoms with Crippen molar-refractivity contribution in [2.24, 2.45) is 11.5 Å². The van der Waals surface area contributed by atoms with Crippen molar-refractivity contribution < 1.29 is 38.1 Å². The van der Waals surface area contributed by atoms with Crippen molar-refractivity contribution in [3.8, 4) is 47.0 Å². The molecule has 0 radical (unpaired) electrons. The van der Waals surface area contributed by atoms with Crippen molar-refractivity contribution in [3.05, 3.63) is 105 Å². The number of amides is 2. The lowest BCUT2D eigenvalue weighted by molar-refractivity contribution is 0.0743. The van der Waals surface area contributed by atoms with Crippen molar-refractivity contribution in [1.82, 2.24) is 48.6 Å². The van der Waals surface area contributed by atoms with Crippen molar-refractivity contribution in [2.75, 3.05) is 13.2 Å². The number of hydrogen-bond donors (Lipinski definition) is 4. The number of carbonyl (C=O) groups is 2. The number of primary amides is 2. The molecule has 6 aliphatic rings. The first-order valence-corrected chi connectivity index (χ1v) is 32.9.